The number of amides is 1. The minimum atomic E-state index is 0.0637. The fourth-order valence-corrected chi connectivity index (χ4v) is 2.72. The smallest absolute Gasteiger partial charge is 0.221 e. The van der Waals surface area contributed by atoms with Crippen molar-refractivity contribution in [2.24, 2.45) is 0 Å². The monoisotopic (exact) mass is 296 g/mol. The topological polar surface area (TPSA) is 45.5 Å². The third-order valence-corrected chi connectivity index (χ3v) is 3.93. The lowest BCUT2D eigenvalue weighted by Gasteiger charge is -2.16. The van der Waals surface area contributed by atoms with E-state index in [0.29, 0.717) is 6.42 Å². The van der Waals surface area contributed by atoms with Crippen LogP contribution in [0.3, 0.4) is 0 Å². The number of nitrogens with zero attached hydrogens (tertiary/aromatic N) is 1. The van der Waals surface area contributed by atoms with E-state index < -0.39 is 0 Å². The van der Waals surface area contributed by atoms with Gasteiger partial charge in [0.15, 0.2) is 0 Å². The van der Waals surface area contributed by atoms with Crippen molar-refractivity contribution >= 4 is 27.8 Å². The van der Waals surface area contributed by atoms with E-state index in [1.807, 2.05) is 25.2 Å². The number of para-hydroxylation sites is 2. The van der Waals surface area contributed by atoms with Crippen molar-refractivity contribution in [3.8, 4) is 0 Å². The molecule has 0 radical (unpaired) electrons. The second-order valence-electron chi connectivity index (χ2n) is 5.55. The molecule has 0 aliphatic carbocycles. The quantitative estimate of drug-likeness (QED) is 0.786. The van der Waals surface area contributed by atoms with Crippen molar-refractivity contribution in [3.05, 3.63) is 48.0 Å². The first-order chi connectivity index (χ1) is 10.7. The number of fused-ring (bicyclic) bond motifs is 3. The molecule has 0 atom stereocenters. The Labute approximate surface area is 129 Å². The van der Waals surface area contributed by atoms with Crippen molar-refractivity contribution < 1.29 is 9.21 Å². The van der Waals surface area contributed by atoms with Crippen LogP contribution in [0.1, 0.15) is 12.0 Å². The Balaban J connectivity index is 1.86. The maximum Gasteiger partial charge on any atom is 0.221 e. The van der Waals surface area contributed by atoms with Gasteiger partial charge in [-0.1, -0.05) is 36.4 Å². The molecule has 1 heterocycles. The fraction of sp³-hybridized carbons (Fsp3) is 0.278. The Hall–Kier alpha value is -2.33. The van der Waals surface area contributed by atoms with Crippen LogP contribution in [-0.4, -0.2) is 31.4 Å². The molecule has 3 aromatic rings. The van der Waals surface area contributed by atoms with Gasteiger partial charge in [0, 0.05) is 42.9 Å². The van der Waals surface area contributed by atoms with Gasteiger partial charge in [-0.3, -0.25) is 4.79 Å². The average molecular weight is 296 g/mol. The zero-order chi connectivity index (χ0) is 15.5. The number of benzene rings is 2. The summed E-state index contributed by atoms with van der Waals surface area (Å²) in [5.74, 6) is 0.0637. The fourth-order valence-electron chi connectivity index (χ4n) is 2.72. The first kappa shape index (κ1) is 14.6. The van der Waals surface area contributed by atoms with Gasteiger partial charge in [0.25, 0.3) is 0 Å². The number of furan rings is 1. The van der Waals surface area contributed by atoms with Crippen LogP contribution in [0.25, 0.3) is 21.9 Å². The molecule has 1 aromatic heterocycles. The second kappa shape index (κ2) is 6.20. The molecular formula is C18H20N2O2. The van der Waals surface area contributed by atoms with E-state index in [1.54, 1.807) is 7.05 Å². The highest BCUT2D eigenvalue weighted by Gasteiger charge is 2.12. The largest absolute Gasteiger partial charge is 0.456 e. The molecule has 0 aliphatic rings. The number of hydrogen-bond acceptors (Lipinski definition) is 3. The van der Waals surface area contributed by atoms with Gasteiger partial charge in [0.05, 0.1) is 0 Å². The van der Waals surface area contributed by atoms with Crippen LogP contribution in [0.15, 0.2) is 46.9 Å². The van der Waals surface area contributed by atoms with E-state index in [2.05, 4.69) is 34.5 Å². The second-order valence-corrected chi connectivity index (χ2v) is 5.55. The molecule has 22 heavy (non-hydrogen) atoms. The lowest BCUT2D eigenvalue weighted by molar-refractivity contribution is -0.120. The number of carbonyl (C=O) groups excluding carboxylic acids is 1. The highest BCUT2D eigenvalue weighted by molar-refractivity contribution is 6.05. The summed E-state index contributed by atoms with van der Waals surface area (Å²) in [6, 6.07) is 14.3. The predicted octanol–water partition coefficient (Wildman–Crippen LogP) is 3.15. The Kier molecular flexibility index (Phi) is 4.11. The molecule has 0 fully saturated rings. The molecule has 0 aliphatic heterocycles. The molecule has 0 saturated heterocycles. The van der Waals surface area contributed by atoms with Gasteiger partial charge in [0.2, 0.25) is 5.91 Å². The van der Waals surface area contributed by atoms with E-state index in [4.69, 9.17) is 4.42 Å². The van der Waals surface area contributed by atoms with Gasteiger partial charge >= 0.3 is 0 Å². The number of rotatable bonds is 5. The Morgan fingerprint density at radius 3 is 2.73 bits per heavy atom. The van der Waals surface area contributed by atoms with Gasteiger partial charge in [-0.05, 0) is 13.1 Å². The first-order valence-electron chi connectivity index (χ1n) is 7.47. The molecule has 1 amide bonds. The van der Waals surface area contributed by atoms with Crippen molar-refractivity contribution in [1.82, 2.24) is 10.2 Å². The van der Waals surface area contributed by atoms with Gasteiger partial charge in [-0.15, -0.1) is 0 Å². The third-order valence-electron chi connectivity index (χ3n) is 3.93. The standard InChI is InChI=1S/C18H20N2O2/c1-19-17(21)10-11-20(2)12-13-6-5-8-15-14-7-3-4-9-16(14)22-18(13)15/h3-9H,10-12H2,1-2H3,(H,19,21). The Morgan fingerprint density at radius 1 is 1.14 bits per heavy atom. The van der Waals surface area contributed by atoms with Crippen LogP contribution >= 0.6 is 0 Å². The highest BCUT2D eigenvalue weighted by Crippen LogP contribution is 2.31. The van der Waals surface area contributed by atoms with Crippen LogP contribution < -0.4 is 5.32 Å². The number of hydrogen-bond donors (Lipinski definition) is 1. The molecule has 1 N–H and O–H groups in total. The molecular weight excluding hydrogens is 276 g/mol. The third kappa shape index (κ3) is 2.83. The van der Waals surface area contributed by atoms with Crippen LogP contribution in [0, 0.1) is 0 Å². The van der Waals surface area contributed by atoms with Crippen molar-refractivity contribution in [2.75, 3.05) is 20.6 Å². The van der Waals surface area contributed by atoms with Crippen LogP contribution in [0.2, 0.25) is 0 Å². The Bertz CT molecular complexity index is 807. The molecule has 0 bridgehead atoms. The molecule has 0 unspecified atom stereocenters. The molecule has 2 aromatic carbocycles. The summed E-state index contributed by atoms with van der Waals surface area (Å²) in [6.07, 6.45) is 0.503. The van der Waals surface area contributed by atoms with E-state index in [1.165, 1.54) is 0 Å². The van der Waals surface area contributed by atoms with Crippen molar-refractivity contribution in [2.45, 2.75) is 13.0 Å². The molecule has 4 nitrogen and oxygen atoms in total. The first-order valence-corrected chi connectivity index (χ1v) is 7.47. The maximum absolute atomic E-state index is 11.3. The van der Waals surface area contributed by atoms with E-state index in [0.717, 1.165) is 40.6 Å². The zero-order valence-corrected chi connectivity index (χ0v) is 12.9. The summed E-state index contributed by atoms with van der Waals surface area (Å²) in [5.41, 5.74) is 3.00. The lowest BCUT2D eigenvalue weighted by Crippen LogP contribution is -2.26. The average Bonchev–Trinajstić information content (AvgIpc) is 2.92. The SMILES string of the molecule is CNC(=O)CCN(C)Cc1cccc2c1oc1ccccc12. The summed E-state index contributed by atoms with van der Waals surface area (Å²) >= 11 is 0. The summed E-state index contributed by atoms with van der Waals surface area (Å²) in [4.78, 5) is 13.5. The molecule has 0 spiro atoms. The summed E-state index contributed by atoms with van der Waals surface area (Å²) in [5, 5.41) is 4.94. The Morgan fingerprint density at radius 2 is 1.91 bits per heavy atom. The van der Waals surface area contributed by atoms with Crippen LogP contribution in [0.5, 0.6) is 0 Å². The number of nitrogens with one attached hydrogen (secondary N) is 1. The van der Waals surface area contributed by atoms with E-state index >= 15 is 0 Å². The summed E-state index contributed by atoms with van der Waals surface area (Å²) in [6.45, 7) is 1.48. The summed E-state index contributed by atoms with van der Waals surface area (Å²) in [7, 11) is 3.68. The van der Waals surface area contributed by atoms with Crippen molar-refractivity contribution in [1.29, 1.82) is 0 Å². The van der Waals surface area contributed by atoms with E-state index in [9.17, 15) is 4.79 Å². The van der Waals surface area contributed by atoms with Gasteiger partial charge < -0.3 is 14.6 Å². The van der Waals surface area contributed by atoms with Crippen LogP contribution in [-0.2, 0) is 11.3 Å². The van der Waals surface area contributed by atoms with Crippen LogP contribution in [0.4, 0.5) is 0 Å². The van der Waals surface area contributed by atoms with Gasteiger partial charge in [-0.2, -0.15) is 0 Å². The van der Waals surface area contributed by atoms with E-state index in [-0.39, 0.29) is 5.91 Å². The van der Waals surface area contributed by atoms with Crippen molar-refractivity contribution in [3.63, 3.8) is 0 Å². The minimum Gasteiger partial charge on any atom is -0.456 e. The molecule has 4 heteroatoms. The zero-order valence-electron chi connectivity index (χ0n) is 12.9. The molecule has 114 valence electrons. The number of carbonyl (C=O) groups is 1. The lowest BCUT2D eigenvalue weighted by atomic mass is 10.1. The minimum absolute atomic E-state index is 0.0637. The molecule has 3 rings (SSSR count). The predicted molar refractivity (Wildman–Crippen MR) is 88.7 cm³/mol. The maximum atomic E-state index is 11.3. The molecule has 0 saturated carbocycles. The normalized spacial score (nSPS) is 11.4. The van der Waals surface area contributed by atoms with Gasteiger partial charge in [0.1, 0.15) is 11.2 Å². The summed E-state index contributed by atoms with van der Waals surface area (Å²) < 4.78 is 6.03. The highest BCUT2D eigenvalue weighted by atomic mass is 16.3. The van der Waals surface area contributed by atoms with Gasteiger partial charge in [-0.25, -0.2) is 0 Å².